The third-order valence-corrected chi connectivity index (χ3v) is 5.15. The van der Waals surface area contributed by atoms with Crippen LogP contribution in [0.25, 0.3) is 0 Å². The Morgan fingerprint density at radius 2 is 2.17 bits per heavy atom. The van der Waals surface area contributed by atoms with Crippen molar-refractivity contribution < 1.29 is 9.18 Å². The van der Waals surface area contributed by atoms with Gasteiger partial charge in [-0.25, -0.2) is 4.39 Å². The Labute approximate surface area is 138 Å². The van der Waals surface area contributed by atoms with Crippen LogP contribution in [0.2, 0.25) is 0 Å². The van der Waals surface area contributed by atoms with Crippen LogP contribution in [0.3, 0.4) is 0 Å². The van der Waals surface area contributed by atoms with E-state index in [9.17, 15) is 14.4 Å². The second kappa shape index (κ2) is 6.39. The summed E-state index contributed by atoms with van der Waals surface area (Å²) in [5.41, 5.74) is 2.68. The van der Waals surface area contributed by atoms with Crippen LogP contribution >= 0.6 is 11.3 Å². The molecule has 23 heavy (non-hydrogen) atoms. The molecule has 1 N–H and O–H groups in total. The van der Waals surface area contributed by atoms with Crippen LogP contribution in [0.5, 0.6) is 0 Å². The quantitative estimate of drug-likeness (QED) is 0.940. The first-order valence-electron chi connectivity index (χ1n) is 7.37. The summed E-state index contributed by atoms with van der Waals surface area (Å²) in [5, 5.41) is 13.6. The lowest BCUT2D eigenvalue weighted by Crippen LogP contribution is -2.33. The van der Waals surface area contributed by atoms with Crippen LogP contribution in [-0.2, 0) is 24.3 Å². The fraction of sp³-hybridized carbons (Fsp3) is 0.294. The van der Waals surface area contributed by atoms with E-state index < -0.39 is 0 Å². The highest BCUT2D eigenvalue weighted by Gasteiger charge is 2.25. The highest BCUT2D eigenvalue weighted by molar-refractivity contribution is 7.16. The van der Waals surface area contributed by atoms with E-state index in [-0.39, 0.29) is 11.7 Å². The molecule has 0 bridgehead atoms. The van der Waals surface area contributed by atoms with Crippen molar-refractivity contribution in [2.75, 3.05) is 11.9 Å². The number of thiophene rings is 1. The topological polar surface area (TPSA) is 56.1 Å². The SMILES string of the molecule is CC(=O)N1CCc2c(sc(NCc3ccc(F)cc3)c2C#N)C1. The fourth-order valence-corrected chi connectivity index (χ4v) is 3.91. The number of amides is 1. The fourth-order valence-electron chi connectivity index (χ4n) is 2.70. The van der Waals surface area contributed by atoms with Crippen molar-refractivity contribution in [2.45, 2.75) is 26.4 Å². The van der Waals surface area contributed by atoms with Crippen molar-refractivity contribution in [3.8, 4) is 6.07 Å². The first kappa shape index (κ1) is 15.5. The number of nitrogens with zero attached hydrogens (tertiary/aromatic N) is 2. The van der Waals surface area contributed by atoms with E-state index in [0.717, 1.165) is 21.0 Å². The molecule has 1 aromatic heterocycles. The number of halogens is 1. The van der Waals surface area contributed by atoms with Crippen LogP contribution in [0.4, 0.5) is 9.39 Å². The molecule has 118 valence electrons. The van der Waals surface area contributed by atoms with E-state index in [4.69, 9.17) is 0 Å². The maximum absolute atomic E-state index is 12.9. The Bertz CT molecular complexity index is 776. The highest BCUT2D eigenvalue weighted by atomic mass is 32.1. The Morgan fingerprint density at radius 1 is 1.43 bits per heavy atom. The van der Waals surface area contributed by atoms with E-state index in [0.29, 0.717) is 31.6 Å². The molecule has 0 saturated carbocycles. The predicted molar refractivity (Wildman–Crippen MR) is 87.6 cm³/mol. The van der Waals surface area contributed by atoms with Crippen LogP contribution in [0, 0.1) is 17.1 Å². The first-order chi connectivity index (χ1) is 11.1. The number of fused-ring (bicyclic) bond motifs is 1. The molecule has 2 heterocycles. The van der Waals surface area contributed by atoms with E-state index in [1.54, 1.807) is 24.0 Å². The Morgan fingerprint density at radius 3 is 2.83 bits per heavy atom. The number of anilines is 1. The first-order valence-corrected chi connectivity index (χ1v) is 8.18. The predicted octanol–water partition coefficient (Wildman–Crippen LogP) is 3.28. The van der Waals surface area contributed by atoms with E-state index >= 15 is 0 Å². The van der Waals surface area contributed by atoms with Crippen molar-refractivity contribution >= 4 is 22.2 Å². The van der Waals surface area contributed by atoms with Gasteiger partial charge in [0.1, 0.15) is 16.9 Å². The molecule has 2 aromatic rings. The summed E-state index contributed by atoms with van der Waals surface area (Å²) >= 11 is 1.53. The summed E-state index contributed by atoms with van der Waals surface area (Å²) in [5.74, 6) is -0.203. The van der Waals surface area contributed by atoms with Gasteiger partial charge in [0.25, 0.3) is 0 Å². The number of carbonyl (C=O) groups is 1. The van der Waals surface area contributed by atoms with Gasteiger partial charge in [-0.05, 0) is 29.7 Å². The molecule has 0 saturated heterocycles. The molecule has 0 spiro atoms. The van der Waals surface area contributed by atoms with Gasteiger partial charge >= 0.3 is 0 Å². The molecule has 0 fully saturated rings. The third kappa shape index (κ3) is 3.20. The zero-order valence-electron chi connectivity index (χ0n) is 12.7. The summed E-state index contributed by atoms with van der Waals surface area (Å²) in [6.07, 6.45) is 0.715. The van der Waals surface area contributed by atoms with Gasteiger partial charge in [0.15, 0.2) is 0 Å². The number of carbonyl (C=O) groups excluding carboxylic acids is 1. The number of nitriles is 1. The average Bonchev–Trinajstić information content (AvgIpc) is 2.90. The monoisotopic (exact) mass is 329 g/mol. The molecule has 1 amide bonds. The highest BCUT2D eigenvalue weighted by Crippen LogP contribution is 2.36. The third-order valence-electron chi connectivity index (χ3n) is 3.98. The summed E-state index contributed by atoms with van der Waals surface area (Å²) in [6, 6.07) is 8.57. The molecule has 0 atom stereocenters. The largest absolute Gasteiger partial charge is 0.372 e. The molecule has 3 rings (SSSR count). The maximum Gasteiger partial charge on any atom is 0.219 e. The maximum atomic E-state index is 12.9. The lowest BCUT2D eigenvalue weighted by molar-refractivity contribution is -0.129. The molecule has 6 heteroatoms. The van der Waals surface area contributed by atoms with E-state index in [1.807, 2.05) is 0 Å². The van der Waals surface area contributed by atoms with Crippen molar-refractivity contribution in [2.24, 2.45) is 0 Å². The Kier molecular flexibility index (Phi) is 4.30. The normalized spacial score (nSPS) is 13.3. The van der Waals surface area contributed by atoms with Gasteiger partial charge in [0.05, 0.1) is 12.1 Å². The van der Waals surface area contributed by atoms with Gasteiger partial charge in [0.2, 0.25) is 5.91 Å². The molecular weight excluding hydrogens is 313 g/mol. The van der Waals surface area contributed by atoms with Crippen LogP contribution in [0.1, 0.15) is 28.5 Å². The van der Waals surface area contributed by atoms with Crippen LogP contribution in [0.15, 0.2) is 24.3 Å². The summed E-state index contributed by atoms with van der Waals surface area (Å²) < 4.78 is 12.9. The molecule has 0 unspecified atom stereocenters. The molecule has 1 aliphatic heterocycles. The minimum absolute atomic E-state index is 0.0587. The van der Waals surface area contributed by atoms with Gasteiger partial charge < -0.3 is 10.2 Å². The lowest BCUT2D eigenvalue weighted by Gasteiger charge is -2.25. The summed E-state index contributed by atoms with van der Waals surface area (Å²) in [7, 11) is 0. The number of benzene rings is 1. The Hall–Kier alpha value is -2.39. The van der Waals surface area contributed by atoms with E-state index in [2.05, 4.69) is 11.4 Å². The molecule has 1 aliphatic rings. The second-order valence-electron chi connectivity index (χ2n) is 5.49. The van der Waals surface area contributed by atoms with Crippen LogP contribution < -0.4 is 5.32 Å². The minimum atomic E-state index is -0.262. The van der Waals surface area contributed by atoms with Gasteiger partial charge in [-0.15, -0.1) is 11.3 Å². The lowest BCUT2D eigenvalue weighted by atomic mass is 10.0. The average molecular weight is 329 g/mol. The number of hydrogen-bond acceptors (Lipinski definition) is 4. The molecular formula is C17H16FN3OS. The standard InChI is InChI=1S/C17H16FN3OS/c1-11(22)21-7-6-14-15(8-19)17(23-16(14)10-21)20-9-12-2-4-13(18)5-3-12/h2-5,20H,6-7,9-10H2,1H3. The molecule has 0 radical (unpaired) electrons. The summed E-state index contributed by atoms with van der Waals surface area (Å²) in [4.78, 5) is 14.4. The zero-order valence-corrected chi connectivity index (χ0v) is 13.5. The van der Waals surface area contributed by atoms with Crippen LogP contribution in [-0.4, -0.2) is 17.4 Å². The van der Waals surface area contributed by atoms with E-state index in [1.165, 1.54) is 23.5 Å². The van der Waals surface area contributed by atoms with Gasteiger partial charge in [0, 0.05) is 24.9 Å². The molecule has 4 nitrogen and oxygen atoms in total. The van der Waals surface area contributed by atoms with Gasteiger partial charge in [-0.3, -0.25) is 4.79 Å². The van der Waals surface area contributed by atoms with Crippen molar-refractivity contribution in [1.82, 2.24) is 4.90 Å². The van der Waals surface area contributed by atoms with Crippen molar-refractivity contribution in [1.29, 1.82) is 5.26 Å². The summed E-state index contributed by atoms with van der Waals surface area (Å²) in [6.45, 7) is 3.33. The molecule has 1 aromatic carbocycles. The van der Waals surface area contributed by atoms with Crippen molar-refractivity contribution in [3.63, 3.8) is 0 Å². The number of hydrogen-bond donors (Lipinski definition) is 1. The second-order valence-corrected chi connectivity index (χ2v) is 6.60. The number of nitrogens with one attached hydrogen (secondary N) is 1. The zero-order chi connectivity index (χ0) is 16.4. The van der Waals surface area contributed by atoms with Gasteiger partial charge in [-0.2, -0.15) is 5.26 Å². The number of rotatable bonds is 3. The smallest absolute Gasteiger partial charge is 0.219 e. The Balaban J connectivity index is 1.79. The van der Waals surface area contributed by atoms with Gasteiger partial charge in [-0.1, -0.05) is 12.1 Å². The van der Waals surface area contributed by atoms with Crippen molar-refractivity contribution in [3.05, 3.63) is 51.7 Å². The minimum Gasteiger partial charge on any atom is -0.372 e. The molecule has 0 aliphatic carbocycles.